The minimum atomic E-state index is -0.122. The normalized spacial score (nSPS) is 10.8. The van der Waals surface area contributed by atoms with Crippen molar-refractivity contribution in [1.82, 2.24) is 10.3 Å². The van der Waals surface area contributed by atoms with E-state index in [1.807, 2.05) is 12.1 Å². The van der Waals surface area contributed by atoms with Gasteiger partial charge in [-0.25, -0.2) is 4.98 Å². The van der Waals surface area contributed by atoms with E-state index in [9.17, 15) is 4.79 Å². The molecule has 0 spiro atoms. The molecule has 0 saturated carbocycles. The lowest BCUT2D eigenvalue weighted by molar-refractivity contribution is 0.0951. The van der Waals surface area contributed by atoms with Crippen LogP contribution in [-0.4, -0.2) is 10.9 Å². The second-order valence-electron chi connectivity index (χ2n) is 4.12. The van der Waals surface area contributed by atoms with Crippen LogP contribution >= 0.6 is 34.3 Å². The Balaban J connectivity index is 1.74. The fourth-order valence-corrected chi connectivity index (χ4v) is 3.60. The number of benzene rings is 1. The molecule has 4 nitrogen and oxygen atoms in total. The highest BCUT2D eigenvalue weighted by atomic mass is 35.5. The lowest BCUT2D eigenvalue weighted by Gasteiger charge is -2.03. The van der Waals surface area contributed by atoms with Gasteiger partial charge in [-0.2, -0.15) is 0 Å². The van der Waals surface area contributed by atoms with Gasteiger partial charge in [-0.05, 0) is 30.3 Å². The predicted octanol–water partition coefficient (Wildman–Crippen LogP) is 3.52. The van der Waals surface area contributed by atoms with E-state index in [4.69, 9.17) is 17.3 Å². The summed E-state index contributed by atoms with van der Waals surface area (Å²) in [5.41, 5.74) is 7.06. The Morgan fingerprint density at radius 1 is 1.30 bits per heavy atom. The first-order chi connectivity index (χ1) is 9.61. The lowest BCUT2D eigenvalue weighted by atomic mass is 10.2. The summed E-state index contributed by atoms with van der Waals surface area (Å²) in [6.07, 6.45) is 0. The van der Waals surface area contributed by atoms with Crippen LogP contribution in [0.3, 0.4) is 0 Å². The molecule has 0 saturated heterocycles. The SMILES string of the molecule is Nc1nc2ccc(C(=O)NCc3ccc(Cl)s3)cc2s1. The van der Waals surface area contributed by atoms with Crippen molar-refractivity contribution >= 4 is 55.5 Å². The molecule has 1 aromatic carbocycles. The van der Waals surface area contributed by atoms with E-state index in [1.54, 1.807) is 18.2 Å². The average molecular weight is 324 g/mol. The number of anilines is 1. The topological polar surface area (TPSA) is 68.0 Å². The molecule has 102 valence electrons. The number of carbonyl (C=O) groups is 1. The Bertz CT molecular complexity index is 781. The molecule has 3 N–H and O–H groups in total. The third-order valence-electron chi connectivity index (χ3n) is 2.72. The maximum atomic E-state index is 12.1. The van der Waals surface area contributed by atoms with Crippen molar-refractivity contribution in [2.45, 2.75) is 6.54 Å². The number of nitrogens with one attached hydrogen (secondary N) is 1. The first-order valence-corrected chi connectivity index (χ1v) is 7.81. The van der Waals surface area contributed by atoms with Crippen LogP contribution in [0.15, 0.2) is 30.3 Å². The van der Waals surface area contributed by atoms with Gasteiger partial charge in [0.2, 0.25) is 0 Å². The van der Waals surface area contributed by atoms with E-state index < -0.39 is 0 Å². The molecule has 0 aliphatic rings. The summed E-state index contributed by atoms with van der Waals surface area (Å²) in [6, 6.07) is 9.08. The molecule has 3 aromatic rings. The van der Waals surface area contributed by atoms with Crippen LogP contribution < -0.4 is 11.1 Å². The van der Waals surface area contributed by atoms with Gasteiger partial charge in [0.15, 0.2) is 5.13 Å². The lowest BCUT2D eigenvalue weighted by Crippen LogP contribution is -2.22. The molecule has 0 fully saturated rings. The third-order valence-corrected chi connectivity index (χ3v) is 4.80. The summed E-state index contributed by atoms with van der Waals surface area (Å²) in [6.45, 7) is 0.471. The molecule has 0 bridgehead atoms. The molecular weight excluding hydrogens is 314 g/mol. The molecule has 0 radical (unpaired) electrons. The highest BCUT2D eigenvalue weighted by Gasteiger charge is 2.09. The number of thiazole rings is 1. The fourth-order valence-electron chi connectivity index (χ4n) is 1.80. The zero-order chi connectivity index (χ0) is 14.1. The molecule has 2 heterocycles. The van der Waals surface area contributed by atoms with E-state index in [2.05, 4.69) is 10.3 Å². The van der Waals surface area contributed by atoms with Crippen LogP contribution in [0.25, 0.3) is 10.2 Å². The van der Waals surface area contributed by atoms with Gasteiger partial charge in [-0.3, -0.25) is 4.79 Å². The summed E-state index contributed by atoms with van der Waals surface area (Å²) < 4.78 is 1.63. The zero-order valence-corrected chi connectivity index (χ0v) is 12.6. The number of amides is 1. The highest BCUT2D eigenvalue weighted by Crippen LogP contribution is 2.25. The summed E-state index contributed by atoms with van der Waals surface area (Å²) in [4.78, 5) is 17.3. The number of rotatable bonds is 3. The Morgan fingerprint density at radius 2 is 2.15 bits per heavy atom. The quantitative estimate of drug-likeness (QED) is 0.775. The van der Waals surface area contributed by atoms with Crippen LogP contribution in [-0.2, 0) is 6.54 Å². The number of fused-ring (bicyclic) bond motifs is 1. The van der Waals surface area contributed by atoms with Crippen LogP contribution in [0.4, 0.5) is 5.13 Å². The van der Waals surface area contributed by atoms with Crippen LogP contribution in [0.5, 0.6) is 0 Å². The van der Waals surface area contributed by atoms with Crippen molar-refractivity contribution in [2.75, 3.05) is 5.73 Å². The van der Waals surface area contributed by atoms with Crippen LogP contribution in [0.1, 0.15) is 15.2 Å². The van der Waals surface area contributed by atoms with Crippen LogP contribution in [0, 0.1) is 0 Å². The summed E-state index contributed by atoms with van der Waals surface area (Å²) in [5.74, 6) is -0.122. The number of nitrogens with two attached hydrogens (primary N) is 1. The first-order valence-electron chi connectivity index (χ1n) is 5.80. The van der Waals surface area contributed by atoms with E-state index in [-0.39, 0.29) is 5.91 Å². The molecule has 0 aliphatic heterocycles. The minimum Gasteiger partial charge on any atom is -0.375 e. The number of nitrogens with zero attached hydrogens (tertiary/aromatic N) is 1. The number of carbonyl (C=O) groups excluding carboxylic acids is 1. The van der Waals surface area contributed by atoms with E-state index >= 15 is 0 Å². The molecule has 2 aromatic heterocycles. The Labute approximate surface area is 128 Å². The minimum absolute atomic E-state index is 0.122. The second-order valence-corrected chi connectivity index (χ2v) is 6.98. The molecule has 20 heavy (non-hydrogen) atoms. The molecule has 0 aliphatic carbocycles. The predicted molar refractivity (Wildman–Crippen MR) is 84.5 cm³/mol. The van der Waals surface area contributed by atoms with Crippen molar-refractivity contribution in [3.8, 4) is 0 Å². The number of halogens is 1. The zero-order valence-electron chi connectivity index (χ0n) is 10.2. The smallest absolute Gasteiger partial charge is 0.251 e. The van der Waals surface area contributed by atoms with Crippen molar-refractivity contribution < 1.29 is 4.79 Å². The van der Waals surface area contributed by atoms with Crippen molar-refractivity contribution in [3.05, 3.63) is 45.1 Å². The number of aromatic nitrogens is 1. The van der Waals surface area contributed by atoms with Gasteiger partial charge in [0.25, 0.3) is 5.91 Å². The Hall–Kier alpha value is -1.63. The van der Waals surface area contributed by atoms with Crippen molar-refractivity contribution in [2.24, 2.45) is 0 Å². The number of hydrogen-bond acceptors (Lipinski definition) is 5. The van der Waals surface area contributed by atoms with Crippen LogP contribution in [0.2, 0.25) is 4.34 Å². The van der Waals surface area contributed by atoms with Crippen molar-refractivity contribution in [1.29, 1.82) is 0 Å². The molecule has 1 amide bonds. The largest absolute Gasteiger partial charge is 0.375 e. The summed E-state index contributed by atoms with van der Waals surface area (Å²) >= 11 is 8.68. The second kappa shape index (κ2) is 5.40. The first kappa shape index (κ1) is 13.4. The Kier molecular flexibility index (Phi) is 3.60. The maximum Gasteiger partial charge on any atom is 0.251 e. The van der Waals surface area contributed by atoms with Gasteiger partial charge in [0, 0.05) is 10.4 Å². The summed E-state index contributed by atoms with van der Waals surface area (Å²) in [5, 5.41) is 3.37. The fraction of sp³-hybridized carbons (Fsp3) is 0.0769. The van der Waals surface area contributed by atoms with Gasteiger partial charge in [-0.1, -0.05) is 22.9 Å². The Morgan fingerprint density at radius 3 is 2.90 bits per heavy atom. The van der Waals surface area contributed by atoms with Gasteiger partial charge in [0.05, 0.1) is 21.1 Å². The standard InChI is InChI=1S/C13H10ClN3OS2/c14-11-4-2-8(19-11)6-16-12(18)7-1-3-9-10(5-7)20-13(15)17-9/h1-5H,6H2,(H2,15,17)(H,16,18). The summed E-state index contributed by atoms with van der Waals surface area (Å²) in [7, 11) is 0. The van der Waals surface area contributed by atoms with Gasteiger partial charge >= 0.3 is 0 Å². The molecular formula is C13H10ClN3OS2. The number of nitrogen functional groups attached to an aromatic ring is 1. The molecule has 0 atom stereocenters. The maximum absolute atomic E-state index is 12.1. The monoisotopic (exact) mass is 323 g/mol. The highest BCUT2D eigenvalue weighted by molar-refractivity contribution is 7.22. The number of hydrogen-bond donors (Lipinski definition) is 2. The van der Waals surface area contributed by atoms with Gasteiger partial charge in [0.1, 0.15) is 0 Å². The third kappa shape index (κ3) is 2.77. The molecule has 0 unspecified atom stereocenters. The van der Waals surface area contributed by atoms with Gasteiger partial charge < -0.3 is 11.1 Å². The average Bonchev–Trinajstić information content (AvgIpc) is 2.99. The molecule has 7 heteroatoms. The number of thiophene rings is 1. The van der Waals surface area contributed by atoms with Gasteiger partial charge in [-0.15, -0.1) is 11.3 Å². The van der Waals surface area contributed by atoms with E-state index in [1.165, 1.54) is 22.7 Å². The van der Waals surface area contributed by atoms with E-state index in [0.717, 1.165) is 19.4 Å². The van der Waals surface area contributed by atoms with Crippen molar-refractivity contribution in [3.63, 3.8) is 0 Å². The van der Waals surface area contributed by atoms with E-state index in [0.29, 0.717) is 17.2 Å². The molecule has 3 rings (SSSR count).